The van der Waals surface area contributed by atoms with Crippen LogP contribution in [0.4, 0.5) is 0 Å². The first-order valence-corrected chi connectivity index (χ1v) is 8.02. The molecule has 0 unspecified atom stereocenters. The molecule has 0 spiro atoms. The second-order valence-electron chi connectivity index (χ2n) is 5.55. The molecule has 1 aromatic rings. The van der Waals surface area contributed by atoms with Gasteiger partial charge in [-0.3, -0.25) is 0 Å². The van der Waals surface area contributed by atoms with Gasteiger partial charge in [-0.05, 0) is 38.8 Å². The van der Waals surface area contributed by atoms with E-state index in [9.17, 15) is 0 Å². The van der Waals surface area contributed by atoms with Crippen molar-refractivity contribution in [1.82, 2.24) is 10.6 Å². The van der Waals surface area contributed by atoms with Gasteiger partial charge in [-0.2, -0.15) is 0 Å². The van der Waals surface area contributed by atoms with E-state index in [1.165, 1.54) is 31.2 Å². The number of nitrogens with one attached hydrogen (secondary N) is 2. The quantitative estimate of drug-likeness (QED) is 0.323. The molecule has 0 bridgehead atoms. The Bertz CT molecular complexity index is 442. The second kappa shape index (κ2) is 10.7. The fourth-order valence-corrected chi connectivity index (χ4v) is 2.54. The summed E-state index contributed by atoms with van der Waals surface area (Å²) in [4.78, 5) is 4.58. The Balaban J connectivity index is 0.00000242. The summed E-state index contributed by atoms with van der Waals surface area (Å²) in [5.41, 5.74) is 1.25. The molecule has 4 nitrogen and oxygen atoms in total. The number of halogens is 1. The van der Waals surface area contributed by atoms with Crippen molar-refractivity contribution in [3.8, 4) is 5.75 Å². The summed E-state index contributed by atoms with van der Waals surface area (Å²) in [7, 11) is 0. The van der Waals surface area contributed by atoms with Crippen molar-refractivity contribution in [2.45, 2.75) is 45.6 Å². The largest absolute Gasteiger partial charge is 0.492 e. The lowest BCUT2D eigenvalue weighted by molar-refractivity contribution is 0.328. The molecular weight excluding hydrogens is 389 g/mol. The van der Waals surface area contributed by atoms with Crippen LogP contribution in [0.2, 0.25) is 0 Å². The van der Waals surface area contributed by atoms with E-state index in [-0.39, 0.29) is 24.0 Å². The summed E-state index contributed by atoms with van der Waals surface area (Å²) in [6, 6.07) is 8.71. The summed E-state index contributed by atoms with van der Waals surface area (Å²) in [6.07, 6.45) is 5.16. The zero-order valence-corrected chi connectivity index (χ0v) is 15.9. The predicted octanol–water partition coefficient (Wildman–Crippen LogP) is 3.49. The standard InChI is InChI=1S/C17H27N3O.HI/c1-3-18-17(20-15-6-4-5-7-15)19-12-13-21-16-10-8-14(2)9-11-16;/h8-11,15H,3-7,12-13H2,1-2H3,(H2,18,19,20);1H. The zero-order valence-electron chi connectivity index (χ0n) is 13.6. The monoisotopic (exact) mass is 417 g/mol. The minimum absolute atomic E-state index is 0. The highest BCUT2D eigenvalue weighted by Crippen LogP contribution is 2.17. The van der Waals surface area contributed by atoms with Crippen LogP contribution >= 0.6 is 24.0 Å². The van der Waals surface area contributed by atoms with Crippen molar-refractivity contribution < 1.29 is 4.74 Å². The first-order valence-electron chi connectivity index (χ1n) is 8.02. The average molecular weight is 417 g/mol. The van der Waals surface area contributed by atoms with Gasteiger partial charge in [-0.25, -0.2) is 4.99 Å². The molecule has 0 radical (unpaired) electrons. The number of rotatable bonds is 6. The van der Waals surface area contributed by atoms with Gasteiger partial charge in [0.05, 0.1) is 6.54 Å². The van der Waals surface area contributed by atoms with E-state index in [1.807, 2.05) is 12.1 Å². The molecule has 22 heavy (non-hydrogen) atoms. The van der Waals surface area contributed by atoms with Crippen molar-refractivity contribution in [2.75, 3.05) is 19.7 Å². The Morgan fingerprint density at radius 2 is 1.91 bits per heavy atom. The molecule has 0 saturated heterocycles. The third kappa shape index (κ3) is 6.85. The molecule has 1 aromatic carbocycles. The van der Waals surface area contributed by atoms with Gasteiger partial charge >= 0.3 is 0 Å². The van der Waals surface area contributed by atoms with Crippen LogP contribution in [0.1, 0.15) is 38.2 Å². The molecule has 0 amide bonds. The topological polar surface area (TPSA) is 45.7 Å². The maximum absolute atomic E-state index is 5.70. The molecule has 2 rings (SSSR count). The minimum atomic E-state index is 0. The predicted molar refractivity (Wildman–Crippen MR) is 103 cm³/mol. The highest BCUT2D eigenvalue weighted by molar-refractivity contribution is 14.0. The third-order valence-electron chi connectivity index (χ3n) is 3.69. The van der Waals surface area contributed by atoms with Crippen LogP contribution in [0, 0.1) is 6.92 Å². The van der Waals surface area contributed by atoms with Crippen molar-refractivity contribution >= 4 is 29.9 Å². The lowest BCUT2D eigenvalue weighted by Gasteiger charge is -2.16. The zero-order chi connectivity index (χ0) is 14.9. The first-order chi connectivity index (χ1) is 10.3. The maximum Gasteiger partial charge on any atom is 0.191 e. The molecule has 5 heteroatoms. The maximum atomic E-state index is 5.70. The Morgan fingerprint density at radius 1 is 1.23 bits per heavy atom. The van der Waals surface area contributed by atoms with E-state index in [4.69, 9.17) is 4.74 Å². The van der Waals surface area contributed by atoms with E-state index in [2.05, 4.69) is 41.6 Å². The molecule has 0 heterocycles. The highest BCUT2D eigenvalue weighted by atomic mass is 127. The van der Waals surface area contributed by atoms with Crippen molar-refractivity contribution in [3.63, 3.8) is 0 Å². The SMILES string of the molecule is CCNC(=NCCOc1ccc(C)cc1)NC1CCCC1.I. The summed E-state index contributed by atoms with van der Waals surface area (Å²) in [5, 5.41) is 6.81. The van der Waals surface area contributed by atoms with Crippen LogP contribution in [-0.2, 0) is 0 Å². The van der Waals surface area contributed by atoms with E-state index >= 15 is 0 Å². The Morgan fingerprint density at radius 3 is 2.55 bits per heavy atom. The molecule has 0 aliphatic heterocycles. The average Bonchev–Trinajstić information content (AvgIpc) is 2.98. The van der Waals surface area contributed by atoms with Crippen LogP contribution < -0.4 is 15.4 Å². The van der Waals surface area contributed by atoms with Crippen LogP contribution in [0.5, 0.6) is 5.75 Å². The van der Waals surface area contributed by atoms with Gasteiger partial charge in [0.2, 0.25) is 0 Å². The van der Waals surface area contributed by atoms with Gasteiger partial charge in [0.15, 0.2) is 5.96 Å². The number of nitrogens with zero attached hydrogens (tertiary/aromatic N) is 1. The molecular formula is C17H28IN3O. The van der Waals surface area contributed by atoms with Crippen LogP contribution in [0.3, 0.4) is 0 Å². The van der Waals surface area contributed by atoms with Crippen LogP contribution in [0.15, 0.2) is 29.3 Å². The molecule has 2 N–H and O–H groups in total. The second-order valence-corrected chi connectivity index (χ2v) is 5.55. The number of hydrogen-bond acceptors (Lipinski definition) is 2. The van der Waals surface area contributed by atoms with Gasteiger partial charge in [-0.1, -0.05) is 30.5 Å². The van der Waals surface area contributed by atoms with E-state index in [0.717, 1.165) is 18.3 Å². The summed E-state index contributed by atoms with van der Waals surface area (Å²) < 4.78 is 5.70. The van der Waals surface area contributed by atoms with Crippen LogP contribution in [-0.4, -0.2) is 31.7 Å². The van der Waals surface area contributed by atoms with E-state index in [0.29, 0.717) is 19.2 Å². The normalized spacial score (nSPS) is 15.3. The van der Waals surface area contributed by atoms with Crippen molar-refractivity contribution in [3.05, 3.63) is 29.8 Å². The van der Waals surface area contributed by atoms with Gasteiger partial charge in [-0.15, -0.1) is 24.0 Å². The van der Waals surface area contributed by atoms with Crippen molar-refractivity contribution in [2.24, 2.45) is 4.99 Å². The third-order valence-corrected chi connectivity index (χ3v) is 3.69. The fourth-order valence-electron chi connectivity index (χ4n) is 2.54. The molecule has 1 saturated carbocycles. The number of hydrogen-bond donors (Lipinski definition) is 2. The number of aliphatic imine (C=N–C) groups is 1. The van der Waals surface area contributed by atoms with Gasteiger partial charge < -0.3 is 15.4 Å². The fraction of sp³-hybridized carbons (Fsp3) is 0.588. The number of guanidine groups is 1. The van der Waals surface area contributed by atoms with E-state index in [1.54, 1.807) is 0 Å². The highest BCUT2D eigenvalue weighted by Gasteiger charge is 2.15. The first kappa shape index (κ1) is 19.1. The minimum Gasteiger partial charge on any atom is -0.492 e. The molecule has 1 fully saturated rings. The molecule has 0 atom stereocenters. The van der Waals surface area contributed by atoms with Gasteiger partial charge in [0, 0.05) is 12.6 Å². The molecule has 0 aromatic heterocycles. The summed E-state index contributed by atoms with van der Waals surface area (Å²) >= 11 is 0. The van der Waals surface area contributed by atoms with Gasteiger partial charge in [0.1, 0.15) is 12.4 Å². The Kier molecular flexibility index (Phi) is 9.27. The lowest BCUT2D eigenvalue weighted by atomic mass is 10.2. The van der Waals surface area contributed by atoms with E-state index < -0.39 is 0 Å². The summed E-state index contributed by atoms with van der Waals surface area (Å²) in [6.45, 7) is 6.32. The number of aryl methyl sites for hydroxylation is 1. The van der Waals surface area contributed by atoms with Crippen LogP contribution in [0.25, 0.3) is 0 Å². The number of ether oxygens (including phenoxy) is 1. The van der Waals surface area contributed by atoms with Gasteiger partial charge in [0.25, 0.3) is 0 Å². The molecule has 1 aliphatic rings. The van der Waals surface area contributed by atoms with Crippen molar-refractivity contribution in [1.29, 1.82) is 0 Å². The summed E-state index contributed by atoms with van der Waals surface area (Å²) in [5.74, 6) is 1.82. The molecule has 124 valence electrons. The molecule has 1 aliphatic carbocycles. The number of benzene rings is 1. The Labute approximate surface area is 151 Å². The Hall–Kier alpha value is -0.980. The smallest absolute Gasteiger partial charge is 0.191 e. The lowest BCUT2D eigenvalue weighted by Crippen LogP contribution is -2.42.